The minimum absolute atomic E-state index is 0.0110. The molecule has 0 bridgehead atoms. The first-order valence-electron chi connectivity index (χ1n) is 7.54. The lowest BCUT2D eigenvalue weighted by molar-refractivity contribution is 0.172. The molecular formula is C16H20N4O2. The molecule has 6 nitrogen and oxygen atoms in total. The Bertz CT molecular complexity index is 784. The van der Waals surface area contributed by atoms with Crippen molar-refractivity contribution in [3.8, 4) is 0 Å². The molecule has 1 atom stereocenters. The molecule has 116 valence electrons. The van der Waals surface area contributed by atoms with Crippen molar-refractivity contribution in [3.63, 3.8) is 0 Å². The highest BCUT2D eigenvalue weighted by molar-refractivity contribution is 5.73. The molecule has 3 aromatic rings. The number of H-pyrrole nitrogens is 1. The van der Waals surface area contributed by atoms with Crippen LogP contribution in [0.2, 0.25) is 0 Å². The SMILES string of the molecule is CCN(CC)C(Cn1cnc2cc[nH]c2c1=O)c1ccco1. The van der Waals surface area contributed by atoms with Crippen molar-refractivity contribution < 1.29 is 4.42 Å². The van der Waals surface area contributed by atoms with E-state index < -0.39 is 0 Å². The topological polar surface area (TPSA) is 67.1 Å². The Labute approximate surface area is 128 Å². The number of fused-ring (bicyclic) bond motifs is 1. The van der Waals surface area contributed by atoms with Crippen LogP contribution in [0.1, 0.15) is 25.6 Å². The summed E-state index contributed by atoms with van der Waals surface area (Å²) in [6.45, 7) is 6.49. The van der Waals surface area contributed by atoms with Crippen molar-refractivity contribution in [1.29, 1.82) is 0 Å². The average molecular weight is 300 g/mol. The van der Waals surface area contributed by atoms with Crippen LogP contribution in [0, 0.1) is 0 Å². The Morgan fingerprint density at radius 3 is 2.86 bits per heavy atom. The van der Waals surface area contributed by atoms with E-state index in [-0.39, 0.29) is 11.6 Å². The zero-order valence-electron chi connectivity index (χ0n) is 12.8. The summed E-state index contributed by atoms with van der Waals surface area (Å²) in [6.07, 6.45) is 5.01. The normalized spacial score (nSPS) is 13.0. The number of rotatable bonds is 6. The quantitative estimate of drug-likeness (QED) is 0.759. The largest absolute Gasteiger partial charge is 0.468 e. The molecule has 22 heavy (non-hydrogen) atoms. The molecule has 0 aliphatic carbocycles. The molecule has 6 heteroatoms. The lowest BCUT2D eigenvalue weighted by atomic mass is 10.2. The minimum atomic E-state index is -0.0567. The van der Waals surface area contributed by atoms with Gasteiger partial charge < -0.3 is 9.40 Å². The molecule has 0 aliphatic heterocycles. The molecule has 1 unspecified atom stereocenters. The van der Waals surface area contributed by atoms with Gasteiger partial charge in [0.25, 0.3) is 5.56 Å². The van der Waals surface area contributed by atoms with Gasteiger partial charge in [0.1, 0.15) is 11.3 Å². The zero-order valence-corrected chi connectivity index (χ0v) is 12.8. The van der Waals surface area contributed by atoms with Gasteiger partial charge in [-0.05, 0) is 31.3 Å². The van der Waals surface area contributed by atoms with E-state index in [2.05, 4.69) is 28.7 Å². The van der Waals surface area contributed by atoms with Crippen LogP contribution in [-0.4, -0.2) is 32.5 Å². The number of nitrogens with one attached hydrogen (secondary N) is 1. The van der Waals surface area contributed by atoms with Crippen LogP contribution in [0.15, 0.2) is 46.2 Å². The third-order valence-electron chi connectivity index (χ3n) is 4.03. The van der Waals surface area contributed by atoms with Crippen LogP contribution in [-0.2, 0) is 6.54 Å². The van der Waals surface area contributed by atoms with Crippen LogP contribution >= 0.6 is 0 Å². The molecule has 0 spiro atoms. The molecule has 3 heterocycles. The number of aromatic nitrogens is 3. The Balaban J connectivity index is 1.98. The maximum Gasteiger partial charge on any atom is 0.277 e. The standard InChI is InChI=1S/C16H20N4O2/c1-3-19(4-2)13(14-6-5-9-22-14)10-20-11-18-12-7-8-17-15(12)16(20)21/h5-9,11,13,17H,3-4,10H2,1-2H3. The van der Waals surface area contributed by atoms with Crippen molar-refractivity contribution in [2.45, 2.75) is 26.4 Å². The third kappa shape index (κ3) is 2.57. The zero-order chi connectivity index (χ0) is 15.5. The second-order valence-electron chi connectivity index (χ2n) is 5.19. The Morgan fingerprint density at radius 2 is 2.18 bits per heavy atom. The van der Waals surface area contributed by atoms with E-state index in [0.29, 0.717) is 17.6 Å². The number of furan rings is 1. The van der Waals surface area contributed by atoms with Crippen molar-refractivity contribution in [2.75, 3.05) is 13.1 Å². The van der Waals surface area contributed by atoms with Crippen LogP contribution in [0.5, 0.6) is 0 Å². The summed E-state index contributed by atoms with van der Waals surface area (Å²) < 4.78 is 7.22. The summed E-state index contributed by atoms with van der Waals surface area (Å²) in [4.78, 5) is 22.1. The third-order valence-corrected chi connectivity index (χ3v) is 4.03. The van der Waals surface area contributed by atoms with E-state index >= 15 is 0 Å². The fourth-order valence-electron chi connectivity index (χ4n) is 2.82. The molecule has 0 aliphatic rings. The van der Waals surface area contributed by atoms with E-state index in [9.17, 15) is 4.79 Å². The Morgan fingerprint density at radius 1 is 1.36 bits per heavy atom. The van der Waals surface area contributed by atoms with Gasteiger partial charge in [-0.2, -0.15) is 0 Å². The molecular weight excluding hydrogens is 280 g/mol. The summed E-state index contributed by atoms with van der Waals surface area (Å²) in [5, 5.41) is 0. The van der Waals surface area contributed by atoms with Crippen LogP contribution in [0.4, 0.5) is 0 Å². The second-order valence-corrected chi connectivity index (χ2v) is 5.19. The van der Waals surface area contributed by atoms with Gasteiger partial charge in [-0.1, -0.05) is 13.8 Å². The maximum atomic E-state index is 12.5. The molecule has 0 amide bonds. The molecule has 1 N–H and O–H groups in total. The predicted molar refractivity (Wildman–Crippen MR) is 84.7 cm³/mol. The van der Waals surface area contributed by atoms with Gasteiger partial charge in [0, 0.05) is 12.7 Å². The first kappa shape index (κ1) is 14.6. The Kier molecular flexibility index (Phi) is 4.11. The first-order valence-corrected chi connectivity index (χ1v) is 7.54. The van der Waals surface area contributed by atoms with Crippen molar-refractivity contribution in [2.24, 2.45) is 0 Å². The molecule has 0 fully saturated rings. The van der Waals surface area contributed by atoms with Crippen molar-refractivity contribution in [1.82, 2.24) is 19.4 Å². The number of hydrogen-bond acceptors (Lipinski definition) is 4. The molecule has 0 aromatic carbocycles. The van der Waals surface area contributed by atoms with Gasteiger partial charge in [-0.3, -0.25) is 14.3 Å². The van der Waals surface area contributed by atoms with E-state index in [1.165, 1.54) is 0 Å². The summed E-state index contributed by atoms with van der Waals surface area (Å²) >= 11 is 0. The van der Waals surface area contributed by atoms with E-state index in [1.807, 2.05) is 12.1 Å². The van der Waals surface area contributed by atoms with Gasteiger partial charge in [0.2, 0.25) is 0 Å². The Hall–Kier alpha value is -2.34. The maximum absolute atomic E-state index is 12.5. The van der Waals surface area contributed by atoms with Crippen molar-refractivity contribution >= 4 is 11.0 Å². The molecule has 0 saturated carbocycles. The highest BCUT2D eigenvalue weighted by atomic mass is 16.3. The summed E-state index contributed by atoms with van der Waals surface area (Å²) in [6, 6.07) is 5.64. The van der Waals surface area contributed by atoms with Gasteiger partial charge in [0.15, 0.2) is 0 Å². The number of aromatic amines is 1. The number of hydrogen-bond donors (Lipinski definition) is 1. The minimum Gasteiger partial charge on any atom is -0.468 e. The summed E-state index contributed by atoms with van der Waals surface area (Å²) in [5.41, 5.74) is 1.18. The van der Waals surface area contributed by atoms with E-state index in [4.69, 9.17) is 4.42 Å². The van der Waals surface area contributed by atoms with E-state index in [0.717, 1.165) is 18.8 Å². The second kappa shape index (κ2) is 6.19. The van der Waals surface area contributed by atoms with Gasteiger partial charge in [-0.15, -0.1) is 0 Å². The number of likely N-dealkylation sites (N-methyl/N-ethyl adjacent to an activating group) is 1. The molecule has 3 rings (SSSR count). The fourth-order valence-corrected chi connectivity index (χ4v) is 2.82. The van der Waals surface area contributed by atoms with Gasteiger partial charge >= 0.3 is 0 Å². The first-order chi connectivity index (χ1) is 10.7. The van der Waals surface area contributed by atoms with Gasteiger partial charge in [-0.25, -0.2) is 4.98 Å². The highest BCUT2D eigenvalue weighted by Gasteiger charge is 2.22. The van der Waals surface area contributed by atoms with Crippen LogP contribution in [0.25, 0.3) is 11.0 Å². The smallest absolute Gasteiger partial charge is 0.277 e. The summed E-state index contributed by atoms with van der Waals surface area (Å²) in [5.74, 6) is 0.863. The predicted octanol–water partition coefficient (Wildman–Crippen LogP) is 2.40. The number of nitrogens with zero attached hydrogens (tertiary/aromatic N) is 3. The monoisotopic (exact) mass is 300 g/mol. The van der Waals surface area contributed by atoms with Crippen molar-refractivity contribution in [3.05, 3.63) is 53.1 Å². The van der Waals surface area contributed by atoms with E-state index in [1.54, 1.807) is 29.4 Å². The summed E-state index contributed by atoms with van der Waals surface area (Å²) in [7, 11) is 0. The lowest BCUT2D eigenvalue weighted by Crippen LogP contribution is -2.34. The molecule has 0 saturated heterocycles. The van der Waals surface area contributed by atoms with Crippen LogP contribution < -0.4 is 5.56 Å². The van der Waals surface area contributed by atoms with Gasteiger partial charge in [0.05, 0.1) is 24.1 Å². The molecule has 0 radical (unpaired) electrons. The fraction of sp³-hybridized carbons (Fsp3) is 0.375. The molecule has 3 aromatic heterocycles. The highest BCUT2D eigenvalue weighted by Crippen LogP contribution is 2.22. The lowest BCUT2D eigenvalue weighted by Gasteiger charge is -2.28. The van der Waals surface area contributed by atoms with Crippen LogP contribution in [0.3, 0.4) is 0 Å². The average Bonchev–Trinajstić information content (AvgIpc) is 3.20.